The zero-order valence-electron chi connectivity index (χ0n) is 9.12. The number of unbranched alkanes of at least 4 members (excludes halogenated alkanes) is 4. The minimum atomic E-state index is -0.258. The summed E-state index contributed by atoms with van der Waals surface area (Å²) in [6.07, 6.45) is 7.18. The van der Waals surface area contributed by atoms with Crippen LogP contribution in [0.15, 0.2) is 0 Å². The van der Waals surface area contributed by atoms with Crippen molar-refractivity contribution in [2.45, 2.75) is 57.7 Å². The number of methoxy groups -OCH3 is 1. The summed E-state index contributed by atoms with van der Waals surface area (Å²) >= 11 is 0. The first-order valence-electron chi connectivity index (χ1n) is 5.53. The Bertz CT molecular complexity index is 179. The Morgan fingerprint density at radius 1 is 1.29 bits per heavy atom. The molecule has 2 atom stereocenters. The van der Waals surface area contributed by atoms with E-state index in [0.29, 0.717) is 0 Å². The standard InChI is InChI=1S/C11H20O3/c1-3-4-5-6-7-8-9-10(14-9)11(12)13-2/h9-10H,3-8H2,1-2H3. The molecule has 0 N–H and O–H groups in total. The summed E-state index contributed by atoms with van der Waals surface area (Å²) in [6, 6.07) is 0. The van der Waals surface area contributed by atoms with Gasteiger partial charge in [-0.2, -0.15) is 0 Å². The summed E-state index contributed by atoms with van der Waals surface area (Å²) in [5.41, 5.74) is 0. The Morgan fingerprint density at radius 3 is 2.64 bits per heavy atom. The second-order valence-electron chi connectivity index (χ2n) is 3.82. The minimum Gasteiger partial charge on any atom is -0.467 e. The van der Waals surface area contributed by atoms with Crippen LogP contribution in [0.1, 0.15) is 45.4 Å². The van der Waals surface area contributed by atoms with Crippen molar-refractivity contribution in [2.24, 2.45) is 0 Å². The maximum absolute atomic E-state index is 11.0. The lowest BCUT2D eigenvalue weighted by Crippen LogP contribution is -2.11. The Hall–Kier alpha value is -0.570. The molecule has 0 aromatic rings. The van der Waals surface area contributed by atoms with Gasteiger partial charge in [0.05, 0.1) is 13.2 Å². The van der Waals surface area contributed by atoms with E-state index in [2.05, 4.69) is 11.7 Å². The van der Waals surface area contributed by atoms with Gasteiger partial charge in [0.2, 0.25) is 0 Å². The number of rotatable bonds is 7. The van der Waals surface area contributed by atoms with Gasteiger partial charge in [0, 0.05) is 0 Å². The molecule has 1 saturated heterocycles. The SMILES string of the molecule is CCCCCCCC1OC1C(=O)OC. The summed E-state index contributed by atoms with van der Waals surface area (Å²) in [4.78, 5) is 11.0. The third kappa shape index (κ3) is 3.66. The van der Waals surface area contributed by atoms with Crippen LogP contribution in [-0.4, -0.2) is 25.3 Å². The fourth-order valence-corrected chi connectivity index (χ4v) is 1.63. The van der Waals surface area contributed by atoms with Crippen LogP contribution in [-0.2, 0) is 14.3 Å². The molecule has 0 aliphatic carbocycles. The highest BCUT2D eigenvalue weighted by Gasteiger charge is 2.45. The van der Waals surface area contributed by atoms with E-state index < -0.39 is 0 Å². The maximum atomic E-state index is 11.0. The summed E-state index contributed by atoms with van der Waals surface area (Å²) in [7, 11) is 1.41. The number of hydrogen-bond donors (Lipinski definition) is 0. The summed E-state index contributed by atoms with van der Waals surface area (Å²) in [6.45, 7) is 2.21. The second-order valence-corrected chi connectivity index (χ2v) is 3.82. The van der Waals surface area contributed by atoms with Crippen LogP contribution in [0.5, 0.6) is 0 Å². The van der Waals surface area contributed by atoms with Gasteiger partial charge in [-0.3, -0.25) is 0 Å². The molecule has 0 spiro atoms. The molecule has 3 heteroatoms. The van der Waals surface area contributed by atoms with E-state index in [0.717, 1.165) is 12.8 Å². The van der Waals surface area contributed by atoms with Gasteiger partial charge in [0.25, 0.3) is 0 Å². The monoisotopic (exact) mass is 200 g/mol. The quantitative estimate of drug-likeness (QED) is 0.359. The van der Waals surface area contributed by atoms with Crippen molar-refractivity contribution in [3.8, 4) is 0 Å². The van der Waals surface area contributed by atoms with Crippen LogP contribution in [0.25, 0.3) is 0 Å². The number of carbonyl (C=O) groups excluding carboxylic acids is 1. The lowest BCUT2D eigenvalue weighted by atomic mass is 10.1. The van der Waals surface area contributed by atoms with Gasteiger partial charge in [-0.1, -0.05) is 39.0 Å². The van der Waals surface area contributed by atoms with E-state index in [9.17, 15) is 4.79 Å². The number of epoxide rings is 1. The van der Waals surface area contributed by atoms with Gasteiger partial charge in [0.15, 0.2) is 6.10 Å². The zero-order valence-corrected chi connectivity index (χ0v) is 9.12. The molecule has 0 bridgehead atoms. The van der Waals surface area contributed by atoms with Crippen LogP contribution < -0.4 is 0 Å². The van der Waals surface area contributed by atoms with Crippen LogP contribution in [0, 0.1) is 0 Å². The van der Waals surface area contributed by atoms with E-state index in [1.54, 1.807) is 0 Å². The van der Waals surface area contributed by atoms with Crippen molar-refractivity contribution in [1.29, 1.82) is 0 Å². The molecule has 14 heavy (non-hydrogen) atoms. The van der Waals surface area contributed by atoms with E-state index in [1.807, 2.05) is 0 Å². The molecule has 1 heterocycles. The molecule has 0 aromatic heterocycles. The molecule has 0 radical (unpaired) electrons. The van der Waals surface area contributed by atoms with Gasteiger partial charge in [-0.05, 0) is 6.42 Å². The Morgan fingerprint density at radius 2 is 2.00 bits per heavy atom. The predicted molar refractivity (Wildman–Crippen MR) is 54.1 cm³/mol. The largest absolute Gasteiger partial charge is 0.467 e. The summed E-state index contributed by atoms with van der Waals surface area (Å²) < 4.78 is 9.79. The molecular weight excluding hydrogens is 180 g/mol. The van der Waals surface area contributed by atoms with E-state index in [4.69, 9.17) is 4.74 Å². The number of hydrogen-bond acceptors (Lipinski definition) is 3. The Balaban J connectivity index is 1.93. The summed E-state index contributed by atoms with van der Waals surface area (Å²) in [5.74, 6) is -0.219. The average molecular weight is 200 g/mol. The molecule has 2 unspecified atom stereocenters. The lowest BCUT2D eigenvalue weighted by molar-refractivity contribution is -0.142. The molecule has 1 fully saturated rings. The highest BCUT2D eigenvalue weighted by atomic mass is 16.6. The maximum Gasteiger partial charge on any atom is 0.337 e. The van der Waals surface area contributed by atoms with Gasteiger partial charge in [-0.25, -0.2) is 4.79 Å². The van der Waals surface area contributed by atoms with Crippen LogP contribution >= 0.6 is 0 Å². The third-order valence-corrected chi connectivity index (χ3v) is 2.61. The first-order chi connectivity index (χ1) is 6.79. The normalized spacial score (nSPS) is 24.7. The molecule has 0 aromatic carbocycles. The molecule has 1 aliphatic rings. The van der Waals surface area contributed by atoms with Crippen molar-refractivity contribution in [2.75, 3.05) is 7.11 Å². The number of ether oxygens (including phenoxy) is 2. The second kappa shape index (κ2) is 6.02. The topological polar surface area (TPSA) is 38.8 Å². The summed E-state index contributed by atoms with van der Waals surface area (Å²) in [5, 5.41) is 0. The van der Waals surface area contributed by atoms with Crippen LogP contribution in [0.4, 0.5) is 0 Å². The molecule has 0 amide bonds. The fourth-order valence-electron chi connectivity index (χ4n) is 1.63. The Kier molecular flexibility index (Phi) is 4.94. The smallest absolute Gasteiger partial charge is 0.337 e. The predicted octanol–water partition coefficient (Wildman–Crippen LogP) is 2.29. The average Bonchev–Trinajstić information content (AvgIpc) is 2.96. The van der Waals surface area contributed by atoms with Gasteiger partial charge < -0.3 is 9.47 Å². The minimum absolute atomic E-state index is 0.143. The van der Waals surface area contributed by atoms with Crippen molar-refractivity contribution in [1.82, 2.24) is 0 Å². The van der Waals surface area contributed by atoms with Crippen LogP contribution in [0.3, 0.4) is 0 Å². The van der Waals surface area contributed by atoms with Crippen molar-refractivity contribution in [3.05, 3.63) is 0 Å². The number of carbonyl (C=O) groups is 1. The van der Waals surface area contributed by atoms with Crippen LogP contribution in [0.2, 0.25) is 0 Å². The van der Waals surface area contributed by atoms with E-state index >= 15 is 0 Å². The highest BCUT2D eigenvalue weighted by Crippen LogP contribution is 2.28. The van der Waals surface area contributed by atoms with E-state index in [-0.39, 0.29) is 18.2 Å². The lowest BCUT2D eigenvalue weighted by Gasteiger charge is -1.97. The Labute approximate surface area is 85.8 Å². The molecular formula is C11H20O3. The molecule has 1 rings (SSSR count). The molecule has 3 nitrogen and oxygen atoms in total. The highest BCUT2D eigenvalue weighted by molar-refractivity contribution is 5.77. The third-order valence-electron chi connectivity index (χ3n) is 2.61. The molecule has 1 aliphatic heterocycles. The zero-order chi connectivity index (χ0) is 10.4. The van der Waals surface area contributed by atoms with E-state index in [1.165, 1.54) is 32.8 Å². The fraction of sp³-hybridized carbons (Fsp3) is 0.909. The van der Waals surface area contributed by atoms with Crippen molar-refractivity contribution >= 4 is 5.97 Å². The first kappa shape index (κ1) is 11.5. The van der Waals surface area contributed by atoms with Gasteiger partial charge in [0.1, 0.15) is 0 Å². The van der Waals surface area contributed by atoms with Gasteiger partial charge in [-0.15, -0.1) is 0 Å². The van der Waals surface area contributed by atoms with Gasteiger partial charge >= 0.3 is 5.97 Å². The number of esters is 1. The molecule has 0 saturated carbocycles. The van der Waals surface area contributed by atoms with Crippen molar-refractivity contribution < 1.29 is 14.3 Å². The molecule has 82 valence electrons. The van der Waals surface area contributed by atoms with Crippen molar-refractivity contribution in [3.63, 3.8) is 0 Å². The first-order valence-corrected chi connectivity index (χ1v) is 5.53.